The molecule has 4 nitrogen and oxygen atoms in total. The van der Waals surface area contributed by atoms with Crippen LogP contribution in [0.3, 0.4) is 0 Å². The van der Waals surface area contributed by atoms with Gasteiger partial charge in [-0.2, -0.15) is 0 Å². The third kappa shape index (κ3) is 3.63. The number of rotatable bonds is 5. The lowest BCUT2D eigenvalue weighted by Crippen LogP contribution is -2.17. The second-order valence-electron chi connectivity index (χ2n) is 5.09. The minimum absolute atomic E-state index is 0.185. The minimum atomic E-state index is -3.28. The predicted molar refractivity (Wildman–Crippen MR) is 76.5 cm³/mol. The minimum Gasteiger partial charge on any atom is -0.396 e. The van der Waals surface area contributed by atoms with Crippen molar-refractivity contribution in [1.29, 1.82) is 0 Å². The molecule has 1 rings (SSSR count). The number of hydrogen-bond acceptors (Lipinski definition) is 4. The van der Waals surface area contributed by atoms with Crippen molar-refractivity contribution in [3.8, 4) is 0 Å². The van der Waals surface area contributed by atoms with Gasteiger partial charge in [-0.15, -0.1) is 0 Å². The Morgan fingerprint density at radius 3 is 2.39 bits per heavy atom. The maximum absolute atomic E-state index is 11.5. The van der Waals surface area contributed by atoms with Gasteiger partial charge in [0.05, 0.1) is 16.3 Å². The van der Waals surface area contributed by atoms with Crippen LogP contribution in [-0.4, -0.2) is 21.2 Å². The van der Waals surface area contributed by atoms with Crippen molar-refractivity contribution in [2.75, 3.05) is 23.9 Å². The molecule has 0 bridgehead atoms. The van der Waals surface area contributed by atoms with E-state index in [1.807, 2.05) is 0 Å². The van der Waals surface area contributed by atoms with Crippen molar-refractivity contribution in [2.45, 2.75) is 25.7 Å². The molecule has 0 fully saturated rings. The molecule has 18 heavy (non-hydrogen) atoms. The largest absolute Gasteiger partial charge is 0.396 e. The second-order valence-corrected chi connectivity index (χ2v) is 7.08. The highest BCUT2D eigenvalue weighted by Crippen LogP contribution is 2.27. The summed E-state index contributed by atoms with van der Waals surface area (Å²) in [4.78, 5) is 0.185. The van der Waals surface area contributed by atoms with Crippen molar-refractivity contribution in [3.05, 3.63) is 18.2 Å². The van der Waals surface area contributed by atoms with Crippen LogP contribution in [0.1, 0.15) is 20.8 Å². The summed E-state index contributed by atoms with van der Waals surface area (Å²) in [6.07, 6.45) is 1.17. The molecule has 0 heterocycles. The average molecular weight is 270 g/mol. The van der Waals surface area contributed by atoms with Gasteiger partial charge in [0.25, 0.3) is 0 Å². The van der Waals surface area contributed by atoms with Gasteiger partial charge in [0, 0.05) is 12.8 Å². The maximum atomic E-state index is 11.5. The van der Waals surface area contributed by atoms with E-state index < -0.39 is 9.84 Å². The van der Waals surface area contributed by atoms with Crippen molar-refractivity contribution in [2.24, 2.45) is 11.8 Å². The summed E-state index contributed by atoms with van der Waals surface area (Å²) < 4.78 is 23.1. The van der Waals surface area contributed by atoms with Gasteiger partial charge in [0.15, 0.2) is 9.84 Å². The van der Waals surface area contributed by atoms with Gasteiger partial charge in [-0.1, -0.05) is 26.8 Å². The molecule has 1 aromatic rings. The first-order valence-electron chi connectivity index (χ1n) is 6.06. The van der Waals surface area contributed by atoms with Crippen molar-refractivity contribution >= 4 is 21.2 Å². The number of hydrogen-bond donors (Lipinski definition) is 2. The summed E-state index contributed by atoms with van der Waals surface area (Å²) >= 11 is 0. The molecular formula is C13H22N2O2S. The Bertz CT molecular complexity index is 510. The Morgan fingerprint density at radius 2 is 1.89 bits per heavy atom. The highest BCUT2D eigenvalue weighted by Gasteiger charge is 2.14. The normalized spacial score (nSPS) is 13.6. The quantitative estimate of drug-likeness (QED) is 0.806. The molecule has 0 saturated carbocycles. The number of nitrogen functional groups attached to an aromatic ring is 1. The van der Waals surface area contributed by atoms with Crippen LogP contribution in [0, 0.1) is 11.8 Å². The monoisotopic (exact) mass is 270 g/mol. The molecule has 5 heteroatoms. The third-order valence-electron chi connectivity index (χ3n) is 3.22. The molecule has 102 valence electrons. The van der Waals surface area contributed by atoms with Crippen molar-refractivity contribution < 1.29 is 8.42 Å². The van der Waals surface area contributed by atoms with E-state index >= 15 is 0 Å². The van der Waals surface area contributed by atoms with E-state index in [0.29, 0.717) is 23.2 Å². The first-order chi connectivity index (χ1) is 8.23. The number of sulfone groups is 1. The van der Waals surface area contributed by atoms with Gasteiger partial charge < -0.3 is 11.1 Å². The fourth-order valence-corrected chi connectivity index (χ4v) is 2.36. The van der Waals surface area contributed by atoms with Gasteiger partial charge in [-0.25, -0.2) is 8.42 Å². The summed E-state index contributed by atoms with van der Waals surface area (Å²) in [6, 6.07) is 5.04. The fourth-order valence-electron chi connectivity index (χ4n) is 1.53. The molecule has 0 aliphatic rings. The topological polar surface area (TPSA) is 72.2 Å². The Labute approximate surface area is 110 Å². The molecule has 0 saturated heterocycles. The Morgan fingerprint density at radius 1 is 1.28 bits per heavy atom. The van der Waals surface area contributed by atoms with E-state index in [2.05, 4.69) is 26.1 Å². The Kier molecular flexibility index (Phi) is 4.62. The molecular weight excluding hydrogens is 248 g/mol. The molecule has 3 N–H and O–H groups in total. The van der Waals surface area contributed by atoms with Crippen LogP contribution in [0.2, 0.25) is 0 Å². The number of nitrogens with one attached hydrogen (secondary N) is 1. The Hall–Kier alpha value is -1.23. The number of anilines is 2. The number of benzene rings is 1. The van der Waals surface area contributed by atoms with Crippen molar-refractivity contribution in [1.82, 2.24) is 0 Å². The molecule has 0 aromatic heterocycles. The van der Waals surface area contributed by atoms with Gasteiger partial charge in [-0.05, 0) is 24.0 Å². The zero-order valence-electron chi connectivity index (χ0n) is 11.4. The molecule has 0 aliphatic heterocycles. The molecule has 1 atom stereocenters. The van der Waals surface area contributed by atoms with E-state index in [4.69, 9.17) is 5.73 Å². The Balaban J connectivity index is 2.92. The van der Waals surface area contributed by atoms with E-state index in [0.717, 1.165) is 6.54 Å². The van der Waals surface area contributed by atoms with Crippen LogP contribution in [-0.2, 0) is 9.84 Å². The molecule has 0 radical (unpaired) electrons. The summed E-state index contributed by atoms with van der Waals surface area (Å²) in [5.41, 5.74) is 6.88. The van der Waals surface area contributed by atoms with Gasteiger partial charge in [0.2, 0.25) is 0 Å². The van der Waals surface area contributed by atoms with Crippen LogP contribution in [0.25, 0.3) is 0 Å². The van der Waals surface area contributed by atoms with E-state index in [1.54, 1.807) is 12.1 Å². The van der Waals surface area contributed by atoms with Crippen LogP contribution < -0.4 is 11.1 Å². The lowest BCUT2D eigenvalue weighted by molar-refractivity contribution is 0.440. The number of para-hydroxylation sites is 1. The van der Waals surface area contributed by atoms with Crippen LogP contribution in [0.5, 0.6) is 0 Å². The molecule has 0 aliphatic carbocycles. The standard InChI is InChI=1S/C13H22N2O2S/c1-9(2)10(3)8-15-11-6-5-7-12(13(11)14)18(4,16)17/h5-7,9-10,15H,8,14H2,1-4H3. The average Bonchev–Trinajstić information content (AvgIpc) is 2.25. The molecule has 1 unspecified atom stereocenters. The first-order valence-corrected chi connectivity index (χ1v) is 7.95. The number of nitrogens with two attached hydrogens (primary N) is 1. The zero-order valence-corrected chi connectivity index (χ0v) is 12.2. The van der Waals surface area contributed by atoms with Crippen LogP contribution in [0.4, 0.5) is 11.4 Å². The van der Waals surface area contributed by atoms with Crippen molar-refractivity contribution in [3.63, 3.8) is 0 Å². The molecule has 0 spiro atoms. The van der Waals surface area contributed by atoms with E-state index in [9.17, 15) is 8.42 Å². The van der Waals surface area contributed by atoms with Gasteiger partial charge >= 0.3 is 0 Å². The smallest absolute Gasteiger partial charge is 0.177 e. The summed E-state index contributed by atoms with van der Waals surface area (Å²) in [6.45, 7) is 7.23. The van der Waals surface area contributed by atoms with Gasteiger partial charge in [-0.3, -0.25) is 0 Å². The van der Waals surface area contributed by atoms with Crippen LogP contribution in [0.15, 0.2) is 23.1 Å². The lowest BCUT2D eigenvalue weighted by Gasteiger charge is -2.18. The summed E-state index contributed by atoms with van der Waals surface area (Å²) in [7, 11) is -3.28. The van der Waals surface area contributed by atoms with Crippen LogP contribution >= 0.6 is 0 Å². The first kappa shape index (κ1) is 14.8. The highest BCUT2D eigenvalue weighted by molar-refractivity contribution is 7.90. The SMILES string of the molecule is CC(C)C(C)CNc1cccc(S(C)(=O)=O)c1N. The highest BCUT2D eigenvalue weighted by atomic mass is 32.2. The third-order valence-corrected chi connectivity index (χ3v) is 4.37. The molecule has 1 aromatic carbocycles. The summed E-state index contributed by atoms with van der Waals surface area (Å²) in [5.74, 6) is 1.06. The zero-order chi connectivity index (χ0) is 13.9. The molecule has 0 amide bonds. The maximum Gasteiger partial charge on any atom is 0.177 e. The van der Waals surface area contributed by atoms with E-state index in [-0.39, 0.29) is 4.90 Å². The fraction of sp³-hybridized carbons (Fsp3) is 0.538. The summed E-state index contributed by atoms with van der Waals surface area (Å²) in [5, 5.41) is 3.22. The second kappa shape index (κ2) is 5.61. The van der Waals surface area contributed by atoms with E-state index in [1.165, 1.54) is 12.3 Å². The van der Waals surface area contributed by atoms with Gasteiger partial charge in [0.1, 0.15) is 0 Å². The predicted octanol–water partition coefficient (Wildman–Crippen LogP) is 2.38. The lowest BCUT2D eigenvalue weighted by atomic mass is 9.98.